The van der Waals surface area contributed by atoms with Gasteiger partial charge in [0, 0.05) is 12.8 Å². The molecule has 0 saturated carbocycles. The van der Waals surface area contributed by atoms with E-state index >= 15 is 0 Å². The van der Waals surface area contributed by atoms with Gasteiger partial charge in [-0.3, -0.25) is 14.1 Å². The summed E-state index contributed by atoms with van der Waals surface area (Å²) < 4.78 is 26.0. The Kier molecular flexibility index (Phi) is 24.4. The van der Waals surface area contributed by atoms with E-state index < -0.39 is 32.5 Å². The van der Waals surface area contributed by atoms with Gasteiger partial charge in [-0.1, -0.05) is 95.2 Å². The van der Waals surface area contributed by atoms with E-state index in [2.05, 4.69) is 54.8 Å². The first-order chi connectivity index (χ1) is 18.3. The molecule has 1 atom stereocenters. The van der Waals surface area contributed by atoms with Gasteiger partial charge in [-0.25, -0.2) is 4.57 Å². The highest BCUT2D eigenvalue weighted by Gasteiger charge is 2.22. The Hall–Kier alpha value is -1.73. The van der Waals surface area contributed by atoms with Gasteiger partial charge in [0.15, 0.2) is 6.10 Å². The normalized spacial score (nSPS) is 13.1. The van der Waals surface area contributed by atoms with Crippen LogP contribution in [0.1, 0.15) is 117 Å². The van der Waals surface area contributed by atoms with Crippen LogP contribution in [0, 0.1) is 0 Å². The number of phosphoric acid groups is 1. The van der Waals surface area contributed by atoms with Gasteiger partial charge in [0.2, 0.25) is 0 Å². The van der Waals surface area contributed by atoms with Crippen molar-refractivity contribution in [2.24, 2.45) is 0 Å². The van der Waals surface area contributed by atoms with Gasteiger partial charge in [0.1, 0.15) is 6.61 Å². The van der Waals surface area contributed by atoms with Crippen molar-refractivity contribution in [2.75, 3.05) is 13.2 Å². The topological polar surface area (TPSA) is 119 Å². The zero-order chi connectivity index (χ0) is 28.3. The summed E-state index contributed by atoms with van der Waals surface area (Å²) in [6.07, 6.45) is 26.1. The standard InChI is InChI=1S/C29H51O8P/c1-3-5-7-9-11-12-13-14-15-16-18-20-22-24-29(31)37-27(26-36-38(32,33)34)25-35-28(30)23-21-19-17-10-8-6-4-2/h5,7,11-12,14-15,27H,3-4,6,8-10,13,16-26H2,1-2H3,(H2,32,33,34)/b7-5-,12-11-,15-14-. The molecular weight excluding hydrogens is 507 g/mol. The lowest BCUT2D eigenvalue weighted by Crippen LogP contribution is -2.29. The van der Waals surface area contributed by atoms with Crippen LogP contribution in [0.3, 0.4) is 0 Å². The number of hydrogen-bond donors (Lipinski definition) is 2. The van der Waals surface area contributed by atoms with E-state index in [9.17, 15) is 14.2 Å². The molecule has 0 heterocycles. The highest BCUT2D eigenvalue weighted by Crippen LogP contribution is 2.35. The zero-order valence-corrected chi connectivity index (χ0v) is 24.5. The predicted molar refractivity (Wildman–Crippen MR) is 151 cm³/mol. The number of carbonyl (C=O) groups excluding carboxylic acids is 2. The molecule has 1 unspecified atom stereocenters. The first-order valence-corrected chi connectivity index (χ1v) is 15.8. The van der Waals surface area contributed by atoms with E-state index in [1.807, 2.05) is 0 Å². The van der Waals surface area contributed by atoms with Crippen molar-refractivity contribution in [3.8, 4) is 0 Å². The van der Waals surface area contributed by atoms with Crippen molar-refractivity contribution in [1.29, 1.82) is 0 Å². The van der Waals surface area contributed by atoms with Crippen LogP contribution in [0.2, 0.25) is 0 Å². The Labute approximate surface area is 230 Å². The van der Waals surface area contributed by atoms with E-state index in [1.54, 1.807) is 0 Å². The molecule has 0 amide bonds. The van der Waals surface area contributed by atoms with E-state index in [4.69, 9.17) is 19.3 Å². The molecule has 0 bridgehead atoms. The van der Waals surface area contributed by atoms with Gasteiger partial charge in [0.25, 0.3) is 0 Å². The fourth-order valence-corrected chi connectivity index (χ4v) is 3.92. The van der Waals surface area contributed by atoms with Crippen LogP contribution in [-0.4, -0.2) is 41.0 Å². The van der Waals surface area contributed by atoms with Crippen LogP contribution < -0.4 is 0 Å². The number of unbranched alkanes of at least 4 members (excludes halogenated alkanes) is 9. The van der Waals surface area contributed by atoms with Crippen LogP contribution in [0.25, 0.3) is 0 Å². The Balaban J connectivity index is 4.15. The maximum Gasteiger partial charge on any atom is 0.469 e. The van der Waals surface area contributed by atoms with Crippen molar-refractivity contribution < 1.29 is 37.9 Å². The molecule has 0 aliphatic carbocycles. The molecule has 2 N–H and O–H groups in total. The maximum absolute atomic E-state index is 12.2. The molecule has 0 aromatic heterocycles. The van der Waals surface area contributed by atoms with E-state index in [1.165, 1.54) is 19.3 Å². The summed E-state index contributed by atoms with van der Waals surface area (Å²) in [5.74, 6) is -0.932. The van der Waals surface area contributed by atoms with Gasteiger partial charge in [0.05, 0.1) is 6.61 Å². The SMILES string of the molecule is CC/C=C\C/C=C\C/C=C\CCCCCC(=O)OC(COC(=O)CCCCCCCCC)COP(=O)(O)O. The molecule has 0 aromatic carbocycles. The number of rotatable bonds is 25. The molecule has 0 aromatic rings. The fraction of sp³-hybridized carbons (Fsp3) is 0.724. The first-order valence-electron chi connectivity index (χ1n) is 14.3. The smallest absolute Gasteiger partial charge is 0.462 e. The summed E-state index contributed by atoms with van der Waals surface area (Å²) in [7, 11) is -4.74. The van der Waals surface area contributed by atoms with Crippen LogP contribution in [0.15, 0.2) is 36.5 Å². The first kappa shape index (κ1) is 36.3. The largest absolute Gasteiger partial charge is 0.469 e. The molecule has 38 heavy (non-hydrogen) atoms. The Morgan fingerprint density at radius 3 is 1.89 bits per heavy atom. The Morgan fingerprint density at radius 2 is 1.26 bits per heavy atom. The molecule has 0 spiro atoms. The van der Waals surface area contributed by atoms with Gasteiger partial charge < -0.3 is 19.3 Å². The number of hydrogen-bond acceptors (Lipinski definition) is 6. The summed E-state index contributed by atoms with van der Waals surface area (Å²) in [6.45, 7) is 3.44. The van der Waals surface area contributed by atoms with Crippen LogP contribution in [0.5, 0.6) is 0 Å². The van der Waals surface area contributed by atoms with Crippen molar-refractivity contribution in [3.05, 3.63) is 36.5 Å². The lowest BCUT2D eigenvalue weighted by atomic mass is 10.1. The van der Waals surface area contributed by atoms with Gasteiger partial charge in [-0.05, 0) is 44.9 Å². The quantitative estimate of drug-likeness (QED) is 0.0511. The molecular formula is C29H51O8P. The molecule has 0 radical (unpaired) electrons. The molecule has 8 nitrogen and oxygen atoms in total. The van der Waals surface area contributed by atoms with Crippen LogP contribution in [-0.2, 0) is 28.2 Å². The second kappa shape index (κ2) is 25.5. The third kappa shape index (κ3) is 27.3. The van der Waals surface area contributed by atoms with Crippen molar-refractivity contribution in [3.63, 3.8) is 0 Å². The predicted octanol–water partition coefficient (Wildman–Crippen LogP) is 7.50. The second-order valence-corrected chi connectivity index (χ2v) is 10.6. The van der Waals surface area contributed by atoms with Crippen LogP contribution in [0.4, 0.5) is 0 Å². The minimum absolute atomic E-state index is 0.177. The summed E-state index contributed by atoms with van der Waals surface area (Å²) in [4.78, 5) is 42.1. The molecule has 0 saturated heterocycles. The van der Waals surface area contributed by atoms with Crippen LogP contribution >= 0.6 is 7.82 Å². The number of esters is 2. The molecule has 0 aliphatic rings. The minimum atomic E-state index is -4.74. The molecule has 0 rings (SSSR count). The van der Waals surface area contributed by atoms with Crippen molar-refractivity contribution in [2.45, 2.75) is 123 Å². The molecule has 220 valence electrons. The zero-order valence-electron chi connectivity index (χ0n) is 23.6. The monoisotopic (exact) mass is 558 g/mol. The average molecular weight is 559 g/mol. The van der Waals surface area contributed by atoms with E-state index in [0.717, 1.165) is 64.2 Å². The maximum atomic E-state index is 12.2. The average Bonchev–Trinajstić information content (AvgIpc) is 2.87. The van der Waals surface area contributed by atoms with Gasteiger partial charge in [-0.15, -0.1) is 0 Å². The lowest BCUT2D eigenvalue weighted by Gasteiger charge is -2.18. The molecule has 0 fully saturated rings. The third-order valence-electron chi connectivity index (χ3n) is 5.67. The minimum Gasteiger partial charge on any atom is -0.462 e. The van der Waals surface area contributed by atoms with Crippen molar-refractivity contribution in [1.82, 2.24) is 0 Å². The number of ether oxygens (including phenoxy) is 2. The van der Waals surface area contributed by atoms with Crippen molar-refractivity contribution >= 4 is 19.8 Å². The Morgan fingerprint density at radius 1 is 0.711 bits per heavy atom. The summed E-state index contributed by atoms with van der Waals surface area (Å²) in [5, 5.41) is 0. The molecule has 9 heteroatoms. The number of carbonyl (C=O) groups is 2. The highest BCUT2D eigenvalue weighted by molar-refractivity contribution is 7.46. The summed E-state index contributed by atoms with van der Waals surface area (Å²) in [6, 6.07) is 0. The Bertz CT molecular complexity index is 726. The summed E-state index contributed by atoms with van der Waals surface area (Å²) in [5.41, 5.74) is 0. The van der Waals surface area contributed by atoms with Gasteiger partial charge in [-0.2, -0.15) is 0 Å². The fourth-order valence-electron chi connectivity index (χ4n) is 3.56. The van der Waals surface area contributed by atoms with E-state index in [0.29, 0.717) is 6.42 Å². The number of phosphoric ester groups is 1. The van der Waals surface area contributed by atoms with Gasteiger partial charge >= 0.3 is 19.8 Å². The lowest BCUT2D eigenvalue weighted by molar-refractivity contribution is -0.161. The number of allylic oxidation sites excluding steroid dienone is 6. The molecule has 0 aliphatic heterocycles. The summed E-state index contributed by atoms with van der Waals surface area (Å²) >= 11 is 0. The second-order valence-electron chi connectivity index (χ2n) is 9.35. The third-order valence-corrected chi connectivity index (χ3v) is 6.16. The highest BCUT2D eigenvalue weighted by atomic mass is 31.2. The van der Waals surface area contributed by atoms with E-state index in [-0.39, 0.29) is 19.4 Å².